The molecule has 0 amide bonds. The summed E-state index contributed by atoms with van der Waals surface area (Å²) in [5, 5.41) is 6.78. The second-order valence-electron chi connectivity index (χ2n) is 5.90. The zero-order valence-corrected chi connectivity index (χ0v) is 18.0. The van der Waals surface area contributed by atoms with E-state index in [1.807, 2.05) is 35.7 Å². The Morgan fingerprint density at radius 1 is 1.04 bits per heavy atom. The molecule has 0 atom stereocenters. The molecule has 0 saturated carbocycles. The van der Waals surface area contributed by atoms with Crippen molar-refractivity contribution in [1.82, 2.24) is 14.6 Å². The van der Waals surface area contributed by atoms with Crippen LogP contribution < -0.4 is 14.2 Å². The number of benzene rings is 2. The highest BCUT2D eigenvalue weighted by atomic mass is 79.9. The van der Waals surface area contributed by atoms with Gasteiger partial charge in [0.05, 0.1) is 26.5 Å². The van der Waals surface area contributed by atoms with Crippen LogP contribution in [-0.4, -0.2) is 35.4 Å². The first kappa shape index (κ1) is 18.8. The first-order chi connectivity index (χ1) is 13.6. The van der Waals surface area contributed by atoms with Crippen molar-refractivity contribution < 1.29 is 14.2 Å². The highest BCUT2D eigenvalue weighted by molar-refractivity contribution is 9.10. The van der Waals surface area contributed by atoms with Crippen LogP contribution in [0.2, 0.25) is 0 Å². The SMILES string of the molecule is CCOc1c(OC)cc(-c2nc3scc(-c4ccc(Br)cc4)n3n2)cc1OC. The number of rotatable bonds is 6. The summed E-state index contributed by atoms with van der Waals surface area (Å²) in [5.74, 6) is 2.35. The molecule has 0 fully saturated rings. The van der Waals surface area contributed by atoms with Crippen molar-refractivity contribution >= 4 is 32.2 Å². The molecule has 2 aromatic carbocycles. The minimum atomic E-state index is 0.515. The van der Waals surface area contributed by atoms with Gasteiger partial charge in [-0.3, -0.25) is 0 Å². The molecule has 6 nitrogen and oxygen atoms in total. The van der Waals surface area contributed by atoms with Gasteiger partial charge in [-0.25, -0.2) is 4.52 Å². The zero-order chi connectivity index (χ0) is 19.7. The molecule has 0 saturated heterocycles. The number of ether oxygens (including phenoxy) is 3. The molecule has 2 heterocycles. The van der Waals surface area contributed by atoms with E-state index in [9.17, 15) is 0 Å². The van der Waals surface area contributed by atoms with Crippen molar-refractivity contribution in [3.63, 3.8) is 0 Å². The topological polar surface area (TPSA) is 57.9 Å². The maximum absolute atomic E-state index is 5.67. The number of hydrogen-bond acceptors (Lipinski definition) is 6. The Labute approximate surface area is 174 Å². The quantitative estimate of drug-likeness (QED) is 0.391. The molecule has 0 radical (unpaired) electrons. The zero-order valence-electron chi connectivity index (χ0n) is 15.6. The largest absolute Gasteiger partial charge is 0.493 e. The van der Waals surface area contributed by atoms with Crippen LogP contribution in [0.25, 0.3) is 27.6 Å². The number of fused-ring (bicyclic) bond motifs is 1. The van der Waals surface area contributed by atoms with Crippen LogP contribution in [0.4, 0.5) is 0 Å². The van der Waals surface area contributed by atoms with Gasteiger partial charge >= 0.3 is 0 Å². The molecule has 0 aliphatic carbocycles. The van der Waals surface area contributed by atoms with Crippen molar-refractivity contribution in [2.45, 2.75) is 6.92 Å². The summed E-state index contributed by atoms with van der Waals surface area (Å²) in [5.41, 5.74) is 2.87. The minimum Gasteiger partial charge on any atom is -0.493 e. The molecule has 0 spiro atoms. The van der Waals surface area contributed by atoms with E-state index in [0.717, 1.165) is 26.3 Å². The number of thiazole rings is 1. The van der Waals surface area contributed by atoms with Crippen LogP contribution in [-0.2, 0) is 0 Å². The van der Waals surface area contributed by atoms with E-state index >= 15 is 0 Å². The second-order valence-corrected chi connectivity index (χ2v) is 7.65. The van der Waals surface area contributed by atoms with Gasteiger partial charge in [-0.15, -0.1) is 16.4 Å². The lowest BCUT2D eigenvalue weighted by atomic mass is 10.1. The molecule has 2 aromatic heterocycles. The van der Waals surface area contributed by atoms with Crippen LogP contribution in [0.1, 0.15) is 6.92 Å². The van der Waals surface area contributed by atoms with Crippen molar-refractivity contribution in [3.05, 3.63) is 46.3 Å². The third kappa shape index (κ3) is 3.33. The monoisotopic (exact) mass is 459 g/mol. The van der Waals surface area contributed by atoms with E-state index in [-0.39, 0.29) is 0 Å². The molecule has 0 bridgehead atoms. The molecule has 0 unspecified atom stereocenters. The van der Waals surface area contributed by atoms with E-state index in [1.165, 1.54) is 0 Å². The predicted octanol–water partition coefficient (Wildman–Crippen LogP) is 5.30. The summed E-state index contributed by atoms with van der Waals surface area (Å²) in [7, 11) is 3.21. The average molecular weight is 460 g/mol. The Kier molecular flexibility index (Phi) is 5.23. The first-order valence-electron chi connectivity index (χ1n) is 8.64. The van der Waals surface area contributed by atoms with E-state index < -0.39 is 0 Å². The van der Waals surface area contributed by atoms with Crippen LogP contribution in [0.15, 0.2) is 46.3 Å². The van der Waals surface area contributed by atoms with E-state index in [1.54, 1.807) is 25.6 Å². The Morgan fingerprint density at radius 3 is 2.32 bits per heavy atom. The lowest BCUT2D eigenvalue weighted by molar-refractivity contribution is 0.288. The normalized spacial score (nSPS) is 11.0. The van der Waals surface area contributed by atoms with E-state index in [4.69, 9.17) is 19.3 Å². The van der Waals surface area contributed by atoms with Gasteiger partial charge in [-0.05, 0) is 31.2 Å². The number of aromatic nitrogens is 3. The lowest BCUT2D eigenvalue weighted by Crippen LogP contribution is -1.99. The fourth-order valence-corrected chi connectivity index (χ4v) is 4.01. The summed E-state index contributed by atoms with van der Waals surface area (Å²) in [6, 6.07) is 11.9. The van der Waals surface area contributed by atoms with Gasteiger partial charge in [-0.2, -0.15) is 4.98 Å². The number of halogens is 1. The standard InChI is InChI=1S/C20H18BrN3O3S/c1-4-27-18-16(25-2)9-13(10-17(18)26-3)19-22-20-24(23-19)15(11-28-20)12-5-7-14(21)8-6-12/h5-11H,4H2,1-3H3. The molecule has 0 aliphatic rings. The minimum absolute atomic E-state index is 0.515. The van der Waals surface area contributed by atoms with E-state index in [0.29, 0.717) is 29.7 Å². The van der Waals surface area contributed by atoms with Crippen LogP contribution in [0.3, 0.4) is 0 Å². The molecule has 28 heavy (non-hydrogen) atoms. The van der Waals surface area contributed by atoms with Gasteiger partial charge < -0.3 is 14.2 Å². The molecular weight excluding hydrogens is 442 g/mol. The van der Waals surface area contributed by atoms with Crippen molar-refractivity contribution in [2.75, 3.05) is 20.8 Å². The maximum Gasteiger partial charge on any atom is 0.213 e. The van der Waals surface area contributed by atoms with E-state index in [2.05, 4.69) is 38.4 Å². The fraction of sp³-hybridized carbons (Fsp3) is 0.200. The van der Waals surface area contributed by atoms with Gasteiger partial charge in [0.25, 0.3) is 0 Å². The summed E-state index contributed by atoms with van der Waals surface area (Å²) in [6.45, 7) is 2.43. The van der Waals surface area contributed by atoms with Crippen LogP contribution in [0.5, 0.6) is 17.2 Å². The summed E-state index contributed by atoms with van der Waals surface area (Å²) in [6.07, 6.45) is 0. The van der Waals surface area contributed by atoms with Crippen molar-refractivity contribution in [1.29, 1.82) is 0 Å². The first-order valence-corrected chi connectivity index (χ1v) is 10.3. The van der Waals surface area contributed by atoms with Gasteiger partial charge in [-0.1, -0.05) is 28.1 Å². The molecule has 8 heteroatoms. The van der Waals surface area contributed by atoms with Gasteiger partial charge in [0.2, 0.25) is 10.7 Å². The Hall–Kier alpha value is -2.58. The second kappa shape index (κ2) is 7.81. The molecule has 4 aromatic rings. The molecule has 0 aliphatic heterocycles. The lowest BCUT2D eigenvalue weighted by Gasteiger charge is -2.14. The summed E-state index contributed by atoms with van der Waals surface area (Å²) in [4.78, 5) is 5.50. The fourth-order valence-electron chi connectivity index (χ4n) is 2.92. The van der Waals surface area contributed by atoms with Crippen LogP contribution >= 0.6 is 27.3 Å². The Balaban J connectivity index is 1.80. The Morgan fingerprint density at radius 2 is 1.71 bits per heavy atom. The molecular formula is C20H18BrN3O3S. The van der Waals surface area contributed by atoms with Crippen molar-refractivity contribution in [3.8, 4) is 39.9 Å². The third-order valence-corrected chi connectivity index (χ3v) is 5.57. The average Bonchev–Trinajstić information content (AvgIpc) is 3.30. The van der Waals surface area contributed by atoms with Gasteiger partial charge in [0.15, 0.2) is 17.3 Å². The number of nitrogens with zero attached hydrogens (tertiary/aromatic N) is 3. The third-order valence-electron chi connectivity index (χ3n) is 4.23. The number of hydrogen-bond donors (Lipinski definition) is 0. The van der Waals surface area contributed by atoms with Crippen LogP contribution in [0, 0.1) is 0 Å². The summed E-state index contributed by atoms with van der Waals surface area (Å²) < 4.78 is 19.6. The predicted molar refractivity (Wildman–Crippen MR) is 114 cm³/mol. The molecule has 4 rings (SSSR count). The number of methoxy groups -OCH3 is 2. The van der Waals surface area contributed by atoms with Gasteiger partial charge in [0.1, 0.15) is 0 Å². The summed E-state index contributed by atoms with van der Waals surface area (Å²) >= 11 is 5.02. The molecule has 144 valence electrons. The Bertz CT molecular complexity index is 1100. The highest BCUT2D eigenvalue weighted by Gasteiger charge is 2.18. The van der Waals surface area contributed by atoms with Crippen molar-refractivity contribution in [2.24, 2.45) is 0 Å². The smallest absolute Gasteiger partial charge is 0.213 e. The maximum atomic E-state index is 5.67. The molecule has 0 N–H and O–H groups in total. The van der Waals surface area contributed by atoms with Gasteiger partial charge in [0, 0.05) is 21.0 Å². The highest BCUT2D eigenvalue weighted by Crippen LogP contribution is 2.41.